The van der Waals surface area contributed by atoms with Gasteiger partial charge in [-0.25, -0.2) is 0 Å². The Kier molecular flexibility index (Phi) is 28.1. The van der Waals surface area contributed by atoms with E-state index in [4.69, 9.17) is 0 Å². The number of hydrogen-bond donors (Lipinski definition) is 8. The molecule has 8 N–H and O–H groups in total. The summed E-state index contributed by atoms with van der Waals surface area (Å²) in [5.41, 5.74) is 0. The molecule has 14 fully saturated rings. The quantitative estimate of drug-likeness (QED) is 0.176. The highest BCUT2D eigenvalue weighted by Gasteiger charge is 2.30. The molecule has 16 nitrogen and oxygen atoms in total. The van der Waals surface area contributed by atoms with Crippen molar-refractivity contribution in [3.05, 3.63) is 0 Å². The third-order valence-corrected chi connectivity index (χ3v) is 18.6. The van der Waals surface area contributed by atoms with Gasteiger partial charge in [0.2, 0.25) is 0 Å². The van der Waals surface area contributed by atoms with Crippen LogP contribution in [0.4, 0.5) is 0 Å². The Morgan fingerprint density at radius 2 is 0.472 bits per heavy atom. The van der Waals surface area contributed by atoms with Crippen LogP contribution in [0, 0.1) is 0 Å². The Hall–Kier alpha value is -0.640. The molecule has 14 heterocycles. The molecule has 14 aliphatic heterocycles. The van der Waals surface area contributed by atoms with Gasteiger partial charge in [-0.05, 0) is 223 Å². The van der Waals surface area contributed by atoms with Crippen LogP contribution in [-0.2, 0) is 0 Å². The zero-order chi connectivity index (χ0) is 50.0. The van der Waals surface area contributed by atoms with Gasteiger partial charge in [0.1, 0.15) is 0 Å². The molecule has 14 rings (SSSR count). The maximum atomic E-state index is 3.43. The van der Waals surface area contributed by atoms with Crippen molar-refractivity contribution < 1.29 is 0 Å². The number of piperidine rings is 2. The van der Waals surface area contributed by atoms with Gasteiger partial charge < -0.3 is 52.3 Å². The van der Waals surface area contributed by atoms with Crippen molar-refractivity contribution >= 4 is 0 Å². The van der Waals surface area contributed by atoms with Crippen LogP contribution in [0.1, 0.15) is 103 Å². The van der Waals surface area contributed by atoms with Crippen molar-refractivity contribution in [3.8, 4) is 0 Å². The minimum absolute atomic E-state index is 0.787. The van der Waals surface area contributed by atoms with Crippen molar-refractivity contribution in [2.24, 2.45) is 0 Å². The summed E-state index contributed by atoms with van der Waals surface area (Å²) in [7, 11) is 8.51. The van der Waals surface area contributed by atoms with Crippen LogP contribution in [0.2, 0.25) is 0 Å². The first-order valence-corrected chi connectivity index (χ1v) is 30.8. The van der Waals surface area contributed by atoms with Gasteiger partial charge in [0.25, 0.3) is 0 Å². The fraction of sp³-hybridized carbons (Fsp3) is 1.00. The highest BCUT2D eigenvalue weighted by molar-refractivity contribution is 4.90. The first-order valence-electron chi connectivity index (χ1n) is 30.8. The van der Waals surface area contributed by atoms with Gasteiger partial charge in [0.15, 0.2) is 0 Å². The molecule has 420 valence electrons. The van der Waals surface area contributed by atoms with Crippen molar-refractivity contribution in [2.75, 3.05) is 211 Å². The van der Waals surface area contributed by atoms with E-state index >= 15 is 0 Å². The summed E-state index contributed by atoms with van der Waals surface area (Å²) in [6, 6.07) is 6.92. The molecule has 0 aromatic heterocycles. The standard InChI is InChI=1S/C9H18N2.2C8H16N2.2C7H14N2.C6H12N2.C6H14N2.C5H12N2/c1-2-6-11(7-3-1)9-4-5-10-8-9;1-2-6-10(5-1)8-3-4-9-7-8;1-2-4-10(5-3-1)8-6-9-7-8;1-4-9(5-1)7-2-3-8-6-7;1-2-4-9(3-1)7-5-8-6-7;1-2-8(3-1)6-4-7-5-6;1-8(2)6-3-4-7-5-6;1-7(2)5-3-6-4-5/h9-10H,1-8H2;2*8-9H,1-7H2;2*7-8H,1-6H2;6-7H,1-5H2;6-7H,3-5H2,1-2H3;5-6H,3-4H2,1-2H3. The SMILES string of the molecule is C1CCN(C2CCNC2)C1.C1CCN(C2CCNC2)CC1.C1CCN(C2CNC2)C1.C1CCN(C2CNC2)CC1.C1CN(C2CCNC2)C1.C1CN(C2CNC2)C1.CN(C)C1CCNC1.CN(C)C1CNC1. The van der Waals surface area contributed by atoms with Crippen LogP contribution in [0.3, 0.4) is 0 Å². The zero-order valence-electron chi connectivity index (χ0n) is 47.3. The third kappa shape index (κ3) is 20.6. The molecule has 14 saturated heterocycles. The Morgan fingerprint density at radius 3 is 0.639 bits per heavy atom. The van der Waals surface area contributed by atoms with Crippen LogP contribution < -0.4 is 42.5 Å². The Morgan fingerprint density at radius 1 is 0.236 bits per heavy atom. The van der Waals surface area contributed by atoms with Crippen LogP contribution in [0.5, 0.6) is 0 Å². The van der Waals surface area contributed by atoms with E-state index in [9.17, 15) is 0 Å². The van der Waals surface area contributed by atoms with Crippen molar-refractivity contribution in [2.45, 2.75) is 151 Å². The van der Waals surface area contributed by atoms with Gasteiger partial charge in [0.05, 0.1) is 0 Å². The van der Waals surface area contributed by atoms with Gasteiger partial charge in [-0.1, -0.05) is 12.8 Å². The minimum atomic E-state index is 0.787. The number of nitrogens with zero attached hydrogens (tertiary/aromatic N) is 8. The molecule has 0 radical (unpaired) electrons. The zero-order valence-corrected chi connectivity index (χ0v) is 47.3. The number of likely N-dealkylation sites (N-methyl/N-ethyl adjacent to an activating group) is 2. The molecule has 0 bridgehead atoms. The fourth-order valence-corrected chi connectivity index (χ4v) is 12.4. The summed E-state index contributed by atoms with van der Waals surface area (Å²) < 4.78 is 0. The average Bonchev–Trinajstić information content (AvgIpc) is 4.15. The molecule has 0 aliphatic carbocycles. The average molecular weight is 1010 g/mol. The first kappa shape index (κ1) is 59.0. The number of rotatable bonds is 8. The molecule has 0 amide bonds. The lowest BCUT2D eigenvalue weighted by atomic mass is 10.1. The van der Waals surface area contributed by atoms with Gasteiger partial charge >= 0.3 is 0 Å². The second-order valence-electron chi connectivity index (χ2n) is 24.2. The monoisotopic (exact) mass is 1010 g/mol. The summed E-state index contributed by atoms with van der Waals surface area (Å²) in [4.78, 5) is 20.2. The van der Waals surface area contributed by atoms with Crippen molar-refractivity contribution in [1.82, 2.24) is 81.7 Å². The predicted octanol–water partition coefficient (Wildman–Crippen LogP) is 0.924. The van der Waals surface area contributed by atoms with Crippen LogP contribution >= 0.6 is 0 Å². The Bertz CT molecular complexity index is 1260. The third-order valence-electron chi connectivity index (χ3n) is 18.6. The first-order chi connectivity index (χ1) is 35.4. The van der Waals surface area contributed by atoms with Crippen LogP contribution in [-0.4, -0.2) is 299 Å². The van der Waals surface area contributed by atoms with E-state index in [1.165, 1.54) is 286 Å². The van der Waals surface area contributed by atoms with Gasteiger partial charge in [-0.3, -0.25) is 29.4 Å². The molecular formula is C56H116N16. The Balaban J connectivity index is 0.000000121. The van der Waals surface area contributed by atoms with E-state index in [-0.39, 0.29) is 0 Å². The maximum Gasteiger partial charge on any atom is 0.0345 e. The molecule has 4 unspecified atom stereocenters. The summed E-state index contributed by atoms with van der Waals surface area (Å²) in [5.74, 6) is 0. The Labute approximate surface area is 442 Å². The van der Waals surface area contributed by atoms with E-state index < -0.39 is 0 Å². The highest BCUT2D eigenvalue weighted by atomic mass is 15.3. The lowest BCUT2D eigenvalue weighted by Crippen LogP contribution is -2.60. The van der Waals surface area contributed by atoms with E-state index in [2.05, 4.69) is 110 Å². The normalized spacial score (nSPS) is 31.8. The van der Waals surface area contributed by atoms with E-state index in [1.807, 2.05) is 0 Å². The number of likely N-dealkylation sites (tertiary alicyclic amines) is 6. The summed E-state index contributed by atoms with van der Waals surface area (Å²) in [6.45, 7) is 35.8. The van der Waals surface area contributed by atoms with E-state index in [1.54, 1.807) is 0 Å². The van der Waals surface area contributed by atoms with Gasteiger partial charge in [0, 0.05) is 127 Å². The molecule has 14 aliphatic rings. The lowest BCUT2D eigenvalue weighted by Gasteiger charge is -2.43. The molecule has 0 aromatic carbocycles. The minimum Gasteiger partial charge on any atom is -0.315 e. The highest BCUT2D eigenvalue weighted by Crippen LogP contribution is 2.19. The summed E-state index contributed by atoms with van der Waals surface area (Å²) >= 11 is 0. The van der Waals surface area contributed by atoms with Crippen molar-refractivity contribution in [1.29, 1.82) is 0 Å². The van der Waals surface area contributed by atoms with E-state index in [0.29, 0.717) is 0 Å². The molecular weight excluding hydrogens is 897 g/mol. The number of hydrogen-bond acceptors (Lipinski definition) is 16. The largest absolute Gasteiger partial charge is 0.315 e. The van der Waals surface area contributed by atoms with Crippen LogP contribution in [0.25, 0.3) is 0 Å². The topological polar surface area (TPSA) is 122 Å². The second kappa shape index (κ2) is 34.3. The summed E-state index contributed by atoms with van der Waals surface area (Å²) in [6.07, 6.45) is 22.6. The molecule has 0 aromatic rings. The van der Waals surface area contributed by atoms with Crippen molar-refractivity contribution in [3.63, 3.8) is 0 Å². The molecule has 0 saturated carbocycles. The predicted molar refractivity (Wildman–Crippen MR) is 304 cm³/mol. The molecule has 4 atom stereocenters. The number of nitrogens with one attached hydrogen (secondary N) is 8. The van der Waals surface area contributed by atoms with Gasteiger partial charge in [-0.15, -0.1) is 0 Å². The van der Waals surface area contributed by atoms with E-state index in [0.717, 1.165) is 48.3 Å². The maximum absolute atomic E-state index is 3.43. The summed E-state index contributed by atoms with van der Waals surface area (Å²) in [5, 5.41) is 26.6. The molecule has 0 spiro atoms. The van der Waals surface area contributed by atoms with Gasteiger partial charge in [-0.2, -0.15) is 0 Å². The fourth-order valence-electron chi connectivity index (χ4n) is 12.4. The lowest BCUT2D eigenvalue weighted by molar-refractivity contribution is 0.0827. The second-order valence-corrected chi connectivity index (χ2v) is 24.2. The molecule has 16 heteroatoms. The smallest absolute Gasteiger partial charge is 0.0345 e. The van der Waals surface area contributed by atoms with Crippen LogP contribution in [0.15, 0.2) is 0 Å². The molecule has 72 heavy (non-hydrogen) atoms.